The molecule has 11 heavy (non-hydrogen) atoms. The van der Waals surface area contributed by atoms with Crippen molar-refractivity contribution in [2.24, 2.45) is 11.7 Å². The number of piperidine rings is 1. The maximum Gasteiger partial charge on any atom is 0.321 e. The quantitative estimate of drug-likeness (QED) is 0.501. The molecule has 4 nitrogen and oxygen atoms in total. The summed E-state index contributed by atoms with van der Waals surface area (Å²) in [5, 5.41) is 11.7. The lowest BCUT2D eigenvalue weighted by Gasteiger charge is -2.28. The summed E-state index contributed by atoms with van der Waals surface area (Å²) in [5.41, 5.74) is 5.43. The van der Waals surface area contributed by atoms with Gasteiger partial charge in [0, 0.05) is 0 Å². The van der Waals surface area contributed by atoms with E-state index < -0.39 is 12.0 Å². The Morgan fingerprint density at radius 2 is 2.45 bits per heavy atom. The highest BCUT2D eigenvalue weighted by atomic mass is 16.4. The standard InChI is InChI=1S/C7H14N2O2/c8-4-5-2-1-3-9-6(5)7(10)11/h5-6,9H,1-4,8H2,(H,10,11)/t5-,6-/m1/s1. The Hall–Kier alpha value is -0.610. The molecule has 0 spiro atoms. The van der Waals surface area contributed by atoms with Crippen LogP contribution in [-0.2, 0) is 4.79 Å². The molecule has 0 unspecified atom stereocenters. The summed E-state index contributed by atoms with van der Waals surface area (Å²) in [5.74, 6) is -0.665. The summed E-state index contributed by atoms with van der Waals surface area (Å²) in [6.45, 7) is 1.26. The van der Waals surface area contributed by atoms with Crippen molar-refractivity contribution in [2.45, 2.75) is 18.9 Å². The summed E-state index contributed by atoms with van der Waals surface area (Å²) in [4.78, 5) is 10.6. The molecular weight excluding hydrogens is 144 g/mol. The molecule has 0 saturated carbocycles. The minimum atomic E-state index is -0.778. The Morgan fingerprint density at radius 1 is 1.73 bits per heavy atom. The van der Waals surface area contributed by atoms with E-state index in [4.69, 9.17) is 10.8 Å². The molecule has 0 aromatic heterocycles. The van der Waals surface area contributed by atoms with Gasteiger partial charge in [-0.1, -0.05) is 0 Å². The van der Waals surface area contributed by atoms with Crippen molar-refractivity contribution in [1.29, 1.82) is 0 Å². The van der Waals surface area contributed by atoms with Crippen molar-refractivity contribution in [1.82, 2.24) is 5.32 Å². The first-order valence-corrected chi connectivity index (χ1v) is 3.92. The summed E-state index contributed by atoms with van der Waals surface area (Å²) in [7, 11) is 0. The topological polar surface area (TPSA) is 75.3 Å². The van der Waals surface area contributed by atoms with E-state index in [1.807, 2.05) is 0 Å². The van der Waals surface area contributed by atoms with E-state index in [1.54, 1.807) is 0 Å². The average Bonchev–Trinajstić information content (AvgIpc) is 2.04. The van der Waals surface area contributed by atoms with Crippen molar-refractivity contribution in [3.63, 3.8) is 0 Å². The highest BCUT2D eigenvalue weighted by Gasteiger charge is 2.28. The number of rotatable bonds is 2. The van der Waals surface area contributed by atoms with Gasteiger partial charge >= 0.3 is 5.97 Å². The number of nitrogens with one attached hydrogen (secondary N) is 1. The second kappa shape index (κ2) is 3.69. The van der Waals surface area contributed by atoms with Crippen LogP contribution in [0.3, 0.4) is 0 Å². The van der Waals surface area contributed by atoms with Crippen LogP contribution in [0.15, 0.2) is 0 Å². The third-order valence-electron chi connectivity index (χ3n) is 2.16. The van der Waals surface area contributed by atoms with E-state index in [1.165, 1.54) is 0 Å². The molecule has 0 aromatic rings. The van der Waals surface area contributed by atoms with Gasteiger partial charge in [0.2, 0.25) is 0 Å². The number of nitrogens with two attached hydrogens (primary N) is 1. The number of aliphatic carboxylic acids is 1. The monoisotopic (exact) mass is 158 g/mol. The molecule has 1 rings (SSSR count). The fourth-order valence-corrected chi connectivity index (χ4v) is 1.50. The molecule has 0 radical (unpaired) electrons. The lowest BCUT2D eigenvalue weighted by Crippen LogP contribution is -2.49. The number of carboxylic acid groups (broad SMARTS) is 1. The third-order valence-corrected chi connectivity index (χ3v) is 2.16. The van der Waals surface area contributed by atoms with Crippen LogP contribution in [0.1, 0.15) is 12.8 Å². The largest absolute Gasteiger partial charge is 0.480 e. The first-order valence-electron chi connectivity index (χ1n) is 3.92. The Bertz CT molecular complexity index is 149. The predicted octanol–water partition coefficient (Wildman–Crippen LogP) is -0.602. The van der Waals surface area contributed by atoms with Crippen LogP contribution in [-0.4, -0.2) is 30.2 Å². The fourth-order valence-electron chi connectivity index (χ4n) is 1.50. The molecule has 1 heterocycles. The van der Waals surface area contributed by atoms with Crippen LogP contribution >= 0.6 is 0 Å². The second-order valence-electron chi connectivity index (χ2n) is 2.91. The van der Waals surface area contributed by atoms with E-state index in [0.29, 0.717) is 6.54 Å². The zero-order valence-electron chi connectivity index (χ0n) is 6.42. The minimum Gasteiger partial charge on any atom is -0.480 e. The maximum absolute atomic E-state index is 10.6. The number of hydrogen-bond acceptors (Lipinski definition) is 3. The van der Waals surface area contributed by atoms with E-state index >= 15 is 0 Å². The lowest BCUT2D eigenvalue weighted by atomic mass is 9.91. The molecular formula is C7H14N2O2. The van der Waals surface area contributed by atoms with Crippen LogP contribution in [0.25, 0.3) is 0 Å². The maximum atomic E-state index is 10.6. The molecule has 1 fully saturated rings. The van der Waals surface area contributed by atoms with Crippen molar-refractivity contribution in [3.8, 4) is 0 Å². The zero-order chi connectivity index (χ0) is 8.27. The van der Waals surface area contributed by atoms with E-state index in [-0.39, 0.29) is 5.92 Å². The van der Waals surface area contributed by atoms with Gasteiger partial charge in [-0.05, 0) is 31.8 Å². The normalized spacial score (nSPS) is 31.7. The molecule has 4 N–H and O–H groups in total. The molecule has 1 saturated heterocycles. The first kappa shape index (κ1) is 8.49. The summed E-state index contributed by atoms with van der Waals surface area (Å²) < 4.78 is 0. The molecule has 0 aliphatic carbocycles. The van der Waals surface area contributed by atoms with Crippen molar-refractivity contribution in [3.05, 3.63) is 0 Å². The zero-order valence-corrected chi connectivity index (χ0v) is 6.42. The molecule has 2 atom stereocenters. The summed E-state index contributed by atoms with van der Waals surface area (Å²) in [6, 6.07) is -0.422. The molecule has 1 aliphatic heterocycles. The molecule has 0 aromatic carbocycles. The molecule has 1 aliphatic rings. The number of carbonyl (C=O) groups is 1. The smallest absolute Gasteiger partial charge is 0.321 e. The third kappa shape index (κ3) is 1.91. The summed E-state index contributed by atoms with van der Waals surface area (Å²) >= 11 is 0. The molecule has 64 valence electrons. The number of hydrogen-bond donors (Lipinski definition) is 3. The van der Waals surface area contributed by atoms with Gasteiger partial charge in [0.25, 0.3) is 0 Å². The van der Waals surface area contributed by atoms with Crippen LogP contribution < -0.4 is 11.1 Å². The fraction of sp³-hybridized carbons (Fsp3) is 0.857. The Balaban J connectivity index is 2.51. The highest BCUT2D eigenvalue weighted by Crippen LogP contribution is 2.14. The van der Waals surface area contributed by atoms with Crippen molar-refractivity contribution >= 4 is 5.97 Å². The van der Waals surface area contributed by atoms with Crippen LogP contribution in [0, 0.1) is 5.92 Å². The Labute approximate surface area is 65.8 Å². The predicted molar refractivity (Wildman–Crippen MR) is 41.2 cm³/mol. The van der Waals surface area contributed by atoms with E-state index in [2.05, 4.69) is 5.32 Å². The average molecular weight is 158 g/mol. The van der Waals surface area contributed by atoms with Crippen LogP contribution in [0.4, 0.5) is 0 Å². The second-order valence-corrected chi connectivity index (χ2v) is 2.91. The van der Waals surface area contributed by atoms with Gasteiger partial charge < -0.3 is 16.2 Å². The number of carboxylic acids is 1. The van der Waals surface area contributed by atoms with Crippen LogP contribution in [0.5, 0.6) is 0 Å². The minimum absolute atomic E-state index is 0.112. The van der Waals surface area contributed by atoms with Gasteiger partial charge in [-0.2, -0.15) is 0 Å². The van der Waals surface area contributed by atoms with Gasteiger partial charge in [-0.25, -0.2) is 0 Å². The Kier molecular flexibility index (Phi) is 2.84. The van der Waals surface area contributed by atoms with Crippen LogP contribution in [0.2, 0.25) is 0 Å². The SMILES string of the molecule is NC[C@H]1CCCN[C@H]1C(=O)O. The van der Waals surface area contributed by atoms with Gasteiger partial charge in [-0.15, -0.1) is 0 Å². The van der Waals surface area contributed by atoms with E-state index in [9.17, 15) is 4.79 Å². The van der Waals surface area contributed by atoms with E-state index in [0.717, 1.165) is 19.4 Å². The van der Waals surface area contributed by atoms with Gasteiger partial charge in [0.1, 0.15) is 6.04 Å². The van der Waals surface area contributed by atoms with Crippen molar-refractivity contribution < 1.29 is 9.90 Å². The molecule has 0 bridgehead atoms. The summed E-state index contributed by atoms with van der Waals surface area (Å²) in [6.07, 6.45) is 1.96. The molecule has 4 heteroatoms. The lowest BCUT2D eigenvalue weighted by molar-refractivity contribution is -0.141. The molecule has 0 amide bonds. The van der Waals surface area contributed by atoms with Crippen molar-refractivity contribution in [2.75, 3.05) is 13.1 Å². The van der Waals surface area contributed by atoms with Gasteiger partial charge in [0.15, 0.2) is 0 Å². The highest BCUT2D eigenvalue weighted by molar-refractivity contribution is 5.74. The first-order chi connectivity index (χ1) is 5.25. The Morgan fingerprint density at radius 3 is 2.91 bits per heavy atom. The van der Waals surface area contributed by atoms with Gasteiger partial charge in [-0.3, -0.25) is 4.79 Å². The van der Waals surface area contributed by atoms with Gasteiger partial charge in [0.05, 0.1) is 0 Å².